The maximum absolute atomic E-state index is 12.4. The summed E-state index contributed by atoms with van der Waals surface area (Å²) in [7, 11) is 2.68. The largest absolute Gasteiger partial charge is 0.496 e. The van der Waals surface area contributed by atoms with E-state index >= 15 is 0 Å². The molecule has 0 atom stereocenters. The molecule has 1 aromatic heterocycles. The summed E-state index contributed by atoms with van der Waals surface area (Å²) in [5.74, 6) is -0.823. The molecule has 0 fully saturated rings. The molecule has 0 aliphatic rings. The van der Waals surface area contributed by atoms with Crippen molar-refractivity contribution in [2.45, 2.75) is 0 Å². The Morgan fingerprint density at radius 2 is 1.90 bits per heavy atom. The van der Waals surface area contributed by atoms with E-state index in [1.165, 1.54) is 20.4 Å². The fraction of sp³-hybridized carbons (Fsp3) is 0.154. The average molecular weight is 275 g/mol. The minimum atomic E-state index is -0.651. The first-order valence-electron chi connectivity index (χ1n) is 5.69. The number of nitrogen functional groups attached to an aromatic ring is 1. The molecule has 0 saturated carbocycles. The van der Waals surface area contributed by atoms with Crippen LogP contribution in [0, 0.1) is 0 Å². The Kier molecular flexibility index (Phi) is 3.69. The normalized spacial score (nSPS) is 10.1. The number of nitrogens with zero attached hydrogens (tertiary/aromatic N) is 2. The third-order valence-corrected chi connectivity index (χ3v) is 2.74. The van der Waals surface area contributed by atoms with Gasteiger partial charge in [-0.15, -0.1) is 0 Å². The number of carbonyl (C=O) groups is 2. The quantitative estimate of drug-likeness (QED) is 0.838. The molecule has 0 aliphatic heterocycles. The van der Waals surface area contributed by atoms with Gasteiger partial charge in [0.1, 0.15) is 17.1 Å². The summed E-state index contributed by atoms with van der Waals surface area (Å²) < 4.78 is 10.6. The smallest absolute Gasteiger partial charge is 0.343 e. The van der Waals surface area contributed by atoms with Crippen LogP contribution in [0.4, 0.5) is 5.82 Å². The van der Waals surface area contributed by atoms with Crippen molar-refractivity contribution in [3.63, 3.8) is 0 Å². The lowest BCUT2D eigenvalue weighted by atomic mass is 10.2. The van der Waals surface area contributed by atoms with Crippen LogP contribution in [0.3, 0.4) is 0 Å². The van der Waals surface area contributed by atoms with Gasteiger partial charge in [-0.3, -0.25) is 4.79 Å². The minimum absolute atomic E-state index is 0.0377. The van der Waals surface area contributed by atoms with E-state index in [1.54, 1.807) is 24.3 Å². The zero-order chi connectivity index (χ0) is 14.7. The second-order valence-corrected chi connectivity index (χ2v) is 3.85. The molecule has 0 bridgehead atoms. The molecule has 20 heavy (non-hydrogen) atoms. The van der Waals surface area contributed by atoms with Crippen LogP contribution in [-0.2, 0) is 4.74 Å². The minimum Gasteiger partial charge on any atom is -0.496 e. The summed E-state index contributed by atoms with van der Waals surface area (Å²) in [6.07, 6.45) is 1.19. The van der Waals surface area contributed by atoms with Gasteiger partial charge in [0.15, 0.2) is 0 Å². The second kappa shape index (κ2) is 5.43. The first-order valence-corrected chi connectivity index (χ1v) is 5.69. The SMILES string of the molecule is COC(=O)c1cnn(C(=O)c2ccccc2OC)c1N. The van der Waals surface area contributed by atoms with Crippen molar-refractivity contribution in [2.24, 2.45) is 0 Å². The highest BCUT2D eigenvalue weighted by Gasteiger charge is 2.22. The number of carbonyl (C=O) groups excluding carboxylic acids is 2. The predicted molar refractivity (Wildman–Crippen MR) is 70.7 cm³/mol. The summed E-state index contributed by atoms with van der Waals surface area (Å²) >= 11 is 0. The Labute approximate surface area is 114 Å². The van der Waals surface area contributed by atoms with Crippen LogP contribution in [0.25, 0.3) is 0 Å². The summed E-state index contributed by atoms with van der Waals surface area (Å²) in [6.45, 7) is 0. The fourth-order valence-electron chi connectivity index (χ4n) is 1.72. The number of hydrogen-bond acceptors (Lipinski definition) is 6. The number of nitrogens with two attached hydrogens (primary N) is 1. The number of aromatic nitrogens is 2. The van der Waals surface area contributed by atoms with Crippen molar-refractivity contribution in [3.05, 3.63) is 41.6 Å². The van der Waals surface area contributed by atoms with Crippen LogP contribution in [0.1, 0.15) is 20.7 Å². The number of para-hydroxylation sites is 1. The van der Waals surface area contributed by atoms with Crippen LogP contribution in [0.5, 0.6) is 5.75 Å². The summed E-state index contributed by atoms with van der Waals surface area (Å²) in [5, 5.41) is 3.82. The lowest BCUT2D eigenvalue weighted by Crippen LogP contribution is -2.18. The highest BCUT2D eigenvalue weighted by atomic mass is 16.5. The third-order valence-electron chi connectivity index (χ3n) is 2.74. The molecule has 2 aromatic rings. The number of hydrogen-bond donors (Lipinski definition) is 1. The monoisotopic (exact) mass is 275 g/mol. The highest BCUT2D eigenvalue weighted by molar-refractivity contribution is 6.02. The molecule has 0 amide bonds. The van der Waals surface area contributed by atoms with Crippen LogP contribution >= 0.6 is 0 Å². The van der Waals surface area contributed by atoms with Crippen molar-refractivity contribution in [1.82, 2.24) is 9.78 Å². The molecular weight excluding hydrogens is 262 g/mol. The first kappa shape index (κ1) is 13.6. The van der Waals surface area contributed by atoms with Crippen LogP contribution in [0.2, 0.25) is 0 Å². The molecule has 7 heteroatoms. The van der Waals surface area contributed by atoms with Crippen LogP contribution in [0.15, 0.2) is 30.5 Å². The molecule has 0 aliphatic carbocycles. The van der Waals surface area contributed by atoms with Crippen LogP contribution < -0.4 is 10.5 Å². The number of esters is 1. The van der Waals surface area contributed by atoms with Gasteiger partial charge in [0.25, 0.3) is 5.91 Å². The number of ether oxygens (including phenoxy) is 2. The maximum Gasteiger partial charge on any atom is 0.343 e. The maximum atomic E-state index is 12.4. The molecule has 0 unspecified atom stereocenters. The molecule has 0 saturated heterocycles. The number of benzene rings is 1. The van der Waals surface area contributed by atoms with E-state index in [2.05, 4.69) is 9.84 Å². The second-order valence-electron chi connectivity index (χ2n) is 3.85. The van der Waals surface area contributed by atoms with Gasteiger partial charge in [0.05, 0.1) is 26.0 Å². The summed E-state index contributed by atoms with van der Waals surface area (Å²) in [5.41, 5.74) is 6.08. The van der Waals surface area contributed by atoms with E-state index < -0.39 is 11.9 Å². The van der Waals surface area contributed by atoms with E-state index in [1.807, 2.05) is 0 Å². The lowest BCUT2D eigenvalue weighted by molar-refractivity contribution is 0.0602. The number of anilines is 1. The topological polar surface area (TPSA) is 96.4 Å². The van der Waals surface area contributed by atoms with Gasteiger partial charge in [-0.1, -0.05) is 12.1 Å². The van der Waals surface area contributed by atoms with Gasteiger partial charge >= 0.3 is 5.97 Å². The van der Waals surface area contributed by atoms with E-state index in [-0.39, 0.29) is 11.4 Å². The Hall–Kier alpha value is -2.83. The van der Waals surface area contributed by atoms with Crippen molar-refractivity contribution < 1.29 is 19.1 Å². The van der Waals surface area contributed by atoms with E-state index in [4.69, 9.17) is 10.5 Å². The van der Waals surface area contributed by atoms with Gasteiger partial charge in [-0.05, 0) is 12.1 Å². The van der Waals surface area contributed by atoms with Crippen molar-refractivity contribution in [3.8, 4) is 5.75 Å². The van der Waals surface area contributed by atoms with Crippen LogP contribution in [-0.4, -0.2) is 35.9 Å². The third kappa shape index (κ3) is 2.20. The molecule has 0 radical (unpaired) electrons. The first-order chi connectivity index (χ1) is 9.60. The summed E-state index contributed by atoms with van der Waals surface area (Å²) in [6, 6.07) is 6.66. The zero-order valence-electron chi connectivity index (χ0n) is 11.0. The van der Waals surface area contributed by atoms with E-state index in [0.29, 0.717) is 11.3 Å². The van der Waals surface area contributed by atoms with Gasteiger partial charge in [-0.25, -0.2) is 4.79 Å². The van der Waals surface area contributed by atoms with Gasteiger partial charge < -0.3 is 15.2 Å². The van der Waals surface area contributed by atoms with Gasteiger partial charge in [-0.2, -0.15) is 9.78 Å². The summed E-state index contributed by atoms with van der Waals surface area (Å²) in [4.78, 5) is 23.8. The predicted octanol–water partition coefficient (Wildman–Crippen LogP) is 0.949. The molecule has 104 valence electrons. The van der Waals surface area contributed by atoms with Gasteiger partial charge in [0, 0.05) is 0 Å². The molecule has 7 nitrogen and oxygen atoms in total. The molecule has 1 aromatic carbocycles. The molecular formula is C13H13N3O4. The van der Waals surface area contributed by atoms with Crippen molar-refractivity contribution >= 4 is 17.7 Å². The highest BCUT2D eigenvalue weighted by Crippen LogP contribution is 2.21. The van der Waals surface area contributed by atoms with E-state index in [9.17, 15) is 9.59 Å². The number of rotatable bonds is 3. The van der Waals surface area contributed by atoms with Gasteiger partial charge in [0.2, 0.25) is 0 Å². The standard InChI is InChI=1S/C13H13N3O4/c1-19-10-6-4-3-5-8(10)12(17)16-11(14)9(7-15-16)13(18)20-2/h3-7H,14H2,1-2H3. The Bertz CT molecular complexity index is 663. The molecule has 2 rings (SSSR count). The average Bonchev–Trinajstić information content (AvgIpc) is 2.87. The Morgan fingerprint density at radius 3 is 2.55 bits per heavy atom. The molecule has 0 spiro atoms. The van der Waals surface area contributed by atoms with Crippen molar-refractivity contribution in [1.29, 1.82) is 0 Å². The van der Waals surface area contributed by atoms with Crippen molar-refractivity contribution in [2.75, 3.05) is 20.0 Å². The Balaban J connectivity index is 2.44. The Morgan fingerprint density at radius 1 is 1.20 bits per heavy atom. The van der Waals surface area contributed by atoms with E-state index in [0.717, 1.165) is 4.68 Å². The molecule has 2 N–H and O–H groups in total. The molecule has 1 heterocycles. The fourth-order valence-corrected chi connectivity index (χ4v) is 1.72. The zero-order valence-corrected chi connectivity index (χ0v) is 11.0. The lowest BCUT2D eigenvalue weighted by Gasteiger charge is -2.08. The number of methoxy groups -OCH3 is 2.